The summed E-state index contributed by atoms with van der Waals surface area (Å²) in [4.78, 5) is 11.6. The van der Waals surface area contributed by atoms with Gasteiger partial charge < -0.3 is 26.5 Å². The molecule has 0 atom stereocenters. The highest BCUT2D eigenvalue weighted by Crippen LogP contribution is 2.20. The largest absolute Gasteiger partial charge is 0.508 e. The second kappa shape index (κ2) is 6.33. The van der Waals surface area contributed by atoms with Crippen LogP contribution in [0.4, 0.5) is 0 Å². The SMILES string of the molecule is N/C(CCCNC(=O)c1cc(O)cc(O)c1)=N/O. The summed E-state index contributed by atoms with van der Waals surface area (Å²) >= 11 is 0. The minimum Gasteiger partial charge on any atom is -0.508 e. The summed E-state index contributed by atoms with van der Waals surface area (Å²) in [6.45, 7) is 0.339. The molecular formula is C11H15N3O4. The molecule has 1 aromatic rings. The average Bonchev–Trinajstić information content (AvgIpc) is 2.32. The van der Waals surface area contributed by atoms with Crippen molar-refractivity contribution in [1.29, 1.82) is 0 Å². The van der Waals surface area contributed by atoms with Crippen LogP contribution in [0.5, 0.6) is 11.5 Å². The van der Waals surface area contributed by atoms with Crippen LogP contribution in [0.15, 0.2) is 23.4 Å². The van der Waals surface area contributed by atoms with E-state index in [9.17, 15) is 15.0 Å². The molecule has 1 rings (SSSR count). The molecule has 98 valence electrons. The van der Waals surface area contributed by atoms with Crippen LogP contribution >= 0.6 is 0 Å². The Bertz CT molecular complexity index is 439. The Balaban J connectivity index is 2.46. The predicted molar refractivity (Wildman–Crippen MR) is 64.7 cm³/mol. The normalized spacial score (nSPS) is 11.2. The Labute approximate surface area is 104 Å². The maximum atomic E-state index is 11.6. The number of hydrogen-bond donors (Lipinski definition) is 5. The van der Waals surface area contributed by atoms with Crippen LogP contribution in [0.25, 0.3) is 0 Å². The molecule has 1 amide bonds. The van der Waals surface area contributed by atoms with Crippen LogP contribution in [0.1, 0.15) is 23.2 Å². The molecule has 0 aliphatic carbocycles. The summed E-state index contributed by atoms with van der Waals surface area (Å²) in [6.07, 6.45) is 0.883. The maximum absolute atomic E-state index is 11.6. The fraction of sp³-hybridized carbons (Fsp3) is 0.273. The molecule has 0 fully saturated rings. The van der Waals surface area contributed by atoms with Gasteiger partial charge in [0.1, 0.15) is 17.3 Å². The van der Waals surface area contributed by atoms with E-state index in [-0.39, 0.29) is 22.9 Å². The molecule has 0 radical (unpaired) electrons. The highest BCUT2D eigenvalue weighted by molar-refractivity contribution is 5.95. The zero-order valence-corrected chi connectivity index (χ0v) is 9.63. The van der Waals surface area contributed by atoms with Gasteiger partial charge in [0.2, 0.25) is 0 Å². The summed E-state index contributed by atoms with van der Waals surface area (Å²) in [6, 6.07) is 3.63. The number of amidine groups is 1. The first kappa shape index (κ1) is 13.6. The molecule has 18 heavy (non-hydrogen) atoms. The van der Waals surface area contributed by atoms with Crippen molar-refractivity contribution in [3.8, 4) is 11.5 Å². The lowest BCUT2D eigenvalue weighted by Gasteiger charge is -2.05. The van der Waals surface area contributed by atoms with Gasteiger partial charge in [0.15, 0.2) is 0 Å². The molecule has 1 aromatic carbocycles. The number of hydrogen-bond acceptors (Lipinski definition) is 5. The molecule has 0 spiro atoms. The quantitative estimate of drug-likeness (QED) is 0.170. The third kappa shape index (κ3) is 4.20. The lowest BCUT2D eigenvalue weighted by Crippen LogP contribution is -2.25. The number of carbonyl (C=O) groups excluding carboxylic acids is 1. The summed E-state index contributed by atoms with van der Waals surface area (Å²) in [7, 11) is 0. The van der Waals surface area contributed by atoms with Gasteiger partial charge in [-0.25, -0.2) is 0 Å². The van der Waals surface area contributed by atoms with Gasteiger partial charge >= 0.3 is 0 Å². The third-order valence-corrected chi connectivity index (χ3v) is 2.19. The van der Waals surface area contributed by atoms with Crippen molar-refractivity contribution in [2.24, 2.45) is 10.9 Å². The Hall–Kier alpha value is -2.44. The topological polar surface area (TPSA) is 128 Å². The number of aromatic hydroxyl groups is 2. The number of nitrogens with one attached hydrogen (secondary N) is 1. The van der Waals surface area contributed by atoms with Crippen molar-refractivity contribution in [3.05, 3.63) is 23.8 Å². The number of benzene rings is 1. The number of carbonyl (C=O) groups is 1. The Morgan fingerprint density at radius 3 is 2.44 bits per heavy atom. The molecule has 0 unspecified atom stereocenters. The molecule has 0 aliphatic rings. The Morgan fingerprint density at radius 2 is 1.89 bits per heavy atom. The number of nitrogens with zero attached hydrogens (tertiary/aromatic N) is 1. The molecule has 0 aromatic heterocycles. The Kier molecular flexibility index (Phi) is 4.79. The van der Waals surface area contributed by atoms with E-state index in [0.29, 0.717) is 19.4 Å². The van der Waals surface area contributed by atoms with Gasteiger partial charge in [-0.05, 0) is 18.6 Å². The fourth-order valence-corrected chi connectivity index (χ4v) is 1.35. The van der Waals surface area contributed by atoms with Crippen molar-refractivity contribution in [1.82, 2.24) is 5.32 Å². The van der Waals surface area contributed by atoms with Crippen LogP contribution in [-0.4, -0.2) is 33.7 Å². The first-order chi connectivity index (χ1) is 8.52. The molecule has 0 heterocycles. The molecular weight excluding hydrogens is 238 g/mol. The molecule has 0 saturated heterocycles. The monoisotopic (exact) mass is 253 g/mol. The van der Waals surface area contributed by atoms with Crippen molar-refractivity contribution in [2.45, 2.75) is 12.8 Å². The van der Waals surface area contributed by atoms with Gasteiger partial charge in [-0.3, -0.25) is 4.79 Å². The van der Waals surface area contributed by atoms with Crippen LogP contribution < -0.4 is 11.1 Å². The highest BCUT2D eigenvalue weighted by Gasteiger charge is 2.07. The number of nitrogens with two attached hydrogens (primary N) is 1. The predicted octanol–water partition coefficient (Wildman–Crippen LogP) is 0.354. The molecule has 0 saturated carbocycles. The summed E-state index contributed by atoms with van der Waals surface area (Å²) < 4.78 is 0. The van der Waals surface area contributed by atoms with E-state index in [0.717, 1.165) is 6.07 Å². The minimum atomic E-state index is -0.416. The van der Waals surface area contributed by atoms with Crippen molar-refractivity contribution >= 4 is 11.7 Å². The lowest BCUT2D eigenvalue weighted by molar-refractivity contribution is 0.0952. The van der Waals surface area contributed by atoms with E-state index >= 15 is 0 Å². The highest BCUT2D eigenvalue weighted by atomic mass is 16.4. The molecule has 7 nitrogen and oxygen atoms in total. The van der Waals surface area contributed by atoms with Crippen LogP contribution in [0, 0.1) is 0 Å². The first-order valence-corrected chi connectivity index (χ1v) is 5.30. The number of phenolic OH excluding ortho intramolecular Hbond substituents is 2. The second-order valence-corrected chi connectivity index (χ2v) is 3.69. The van der Waals surface area contributed by atoms with E-state index in [1.165, 1.54) is 12.1 Å². The van der Waals surface area contributed by atoms with Crippen molar-refractivity contribution < 1.29 is 20.2 Å². The molecule has 7 heteroatoms. The molecule has 0 aliphatic heterocycles. The third-order valence-electron chi connectivity index (χ3n) is 2.19. The number of amides is 1. The average molecular weight is 253 g/mol. The van der Waals surface area contributed by atoms with E-state index in [1.54, 1.807) is 0 Å². The molecule has 6 N–H and O–H groups in total. The first-order valence-electron chi connectivity index (χ1n) is 5.30. The van der Waals surface area contributed by atoms with E-state index in [2.05, 4.69) is 10.5 Å². The van der Waals surface area contributed by atoms with Crippen molar-refractivity contribution in [3.63, 3.8) is 0 Å². The van der Waals surface area contributed by atoms with E-state index in [4.69, 9.17) is 10.9 Å². The van der Waals surface area contributed by atoms with Gasteiger partial charge in [-0.2, -0.15) is 0 Å². The van der Waals surface area contributed by atoms with Crippen molar-refractivity contribution in [2.75, 3.05) is 6.54 Å². The van der Waals surface area contributed by atoms with E-state index in [1.807, 2.05) is 0 Å². The summed E-state index contributed by atoms with van der Waals surface area (Å²) in [5, 5.41) is 32.1. The van der Waals surface area contributed by atoms with Gasteiger partial charge in [0.25, 0.3) is 5.91 Å². The van der Waals surface area contributed by atoms with Crippen LogP contribution in [0.2, 0.25) is 0 Å². The van der Waals surface area contributed by atoms with E-state index < -0.39 is 5.91 Å². The smallest absolute Gasteiger partial charge is 0.251 e. The Morgan fingerprint density at radius 1 is 1.28 bits per heavy atom. The summed E-state index contributed by atoms with van der Waals surface area (Å²) in [5.41, 5.74) is 5.43. The molecule has 0 bridgehead atoms. The fourth-order valence-electron chi connectivity index (χ4n) is 1.35. The van der Waals surface area contributed by atoms with Crippen LogP contribution in [-0.2, 0) is 0 Å². The zero-order chi connectivity index (χ0) is 13.5. The zero-order valence-electron chi connectivity index (χ0n) is 9.63. The number of phenols is 2. The number of oxime groups is 1. The van der Waals surface area contributed by atoms with Gasteiger partial charge in [-0.1, -0.05) is 5.16 Å². The standard InChI is InChI=1S/C11H15N3O4/c12-10(14-18)2-1-3-13-11(17)7-4-8(15)6-9(16)5-7/h4-6,15-16,18H,1-3H2,(H2,12,14)(H,13,17). The summed E-state index contributed by atoms with van der Waals surface area (Å²) in [5.74, 6) is -0.687. The maximum Gasteiger partial charge on any atom is 0.251 e. The lowest BCUT2D eigenvalue weighted by atomic mass is 10.2. The van der Waals surface area contributed by atoms with Gasteiger partial charge in [0, 0.05) is 24.6 Å². The van der Waals surface area contributed by atoms with Gasteiger partial charge in [-0.15, -0.1) is 0 Å². The van der Waals surface area contributed by atoms with Crippen LogP contribution in [0.3, 0.4) is 0 Å². The minimum absolute atomic E-state index is 0.0965. The van der Waals surface area contributed by atoms with Gasteiger partial charge in [0.05, 0.1) is 0 Å². The number of rotatable bonds is 5. The second-order valence-electron chi connectivity index (χ2n) is 3.69.